The molecule has 0 bridgehead atoms. The normalized spacial score (nSPS) is 11.6. The molecule has 0 atom stereocenters. The fourth-order valence-corrected chi connectivity index (χ4v) is 9.39. The molecule has 0 saturated heterocycles. The van der Waals surface area contributed by atoms with Gasteiger partial charge in [0.15, 0.2) is 0 Å². The monoisotopic (exact) mass is 718 g/mol. The molecule has 0 N–H and O–H groups in total. The minimum absolute atomic E-state index is 1.10. The van der Waals surface area contributed by atoms with Gasteiger partial charge in [0, 0.05) is 53.7 Å². The second-order valence-electron chi connectivity index (χ2n) is 14.2. The molecule has 3 heteroatoms. The number of anilines is 3. The summed E-state index contributed by atoms with van der Waals surface area (Å²) in [6.07, 6.45) is 0. The van der Waals surface area contributed by atoms with Crippen LogP contribution < -0.4 is 4.90 Å². The Morgan fingerprint density at radius 3 is 1.64 bits per heavy atom. The molecule has 0 saturated carbocycles. The predicted octanol–water partition coefficient (Wildman–Crippen LogP) is 15.1. The van der Waals surface area contributed by atoms with Crippen molar-refractivity contribution >= 4 is 81.1 Å². The third-order valence-corrected chi connectivity index (χ3v) is 12.1. The van der Waals surface area contributed by atoms with Crippen LogP contribution in [0.2, 0.25) is 0 Å². The van der Waals surface area contributed by atoms with E-state index >= 15 is 0 Å². The fraction of sp³-hybridized carbons (Fsp3) is 0. The number of aromatic nitrogens is 1. The Morgan fingerprint density at radius 2 is 0.891 bits per heavy atom. The van der Waals surface area contributed by atoms with Crippen LogP contribution >= 0.6 is 11.3 Å². The van der Waals surface area contributed by atoms with Crippen molar-refractivity contribution < 1.29 is 0 Å². The number of thiophene rings is 1. The fourth-order valence-electron chi connectivity index (χ4n) is 8.27. The maximum absolute atomic E-state index is 2.43. The van der Waals surface area contributed by atoms with Gasteiger partial charge in [-0.1, -0.05) is 127 Å². The Morgan fingerprint density at radius 1 is 0.327 bits per heavy atom. The first-order valence-corrected chi connectivity index (χ1v) is 19.6. The lowest BCUT2D eigenvalue weighted by atomic mass is 10.0. The molecule has 0 spiro atoms. The molecule has 9 aromatic carbocycles. The molecule has 11 rings (SSSR count). The second kappa shape index (κ2) is 12.9. The molecule has 2 aromatic heterocycles. The lowest BCUT2D eigenvalue weighted by molar-refractivity contribution is 1.17. The van der Waals surface area contributed by atoms with Gasteiger partial charge in [-0.05, 0) is 112 Å². The van der Waals surface area contributed by atoms with Crippen LogP contribution in [0, 0.1) is 0 Å². The van der Waals surface area contributed by atoms with E-state index in [0.717, 1.165) is 22.7 Å². The molecule has 11 aromatic rings. The van der Waals surface area contributed by atoms with Crippen molar-refractivity contribution in [2.24, 2.45) is 0 Å². The summed E-state index contributed by atoms with van der Waals surface area (Å²) >= 11 is 1.87. The zero-order chi connectivity index (χ0) is 36.3. The van der Waals surface area contributed by atoms with E-state index in [1.54, 1.807) is 0 Å². The van der Waals surface area contributed by atoms with Crippen LogP contribution in [0.1, 0.15) is 0 Å². The molecule has 0 aliphatic rings. The molecule has 0 aliphatic heterocycles. The van der Waals surface area contributed by atoms with E-state index < -0.39 is 0 Å². The van der Waals surface area contributed by atoms with Gasteiger partial charge in [0.2, 0.25) is 0 Å². The van der Waals surface area contributed by atoms with Crippen LogP contribution in [0.4, 0.5) is 17.1 Å². The summed E-state index contributed by atoms with van der Waals surface area (Å²) in [5.74, 6) is 0. The Hall–Kier alpha value is -6.94. The first-order valence-electron chi connectivity index (χ1n) is 18.7. The number of hydrogen-bond acceptors (Lipinski definition) is 2. The zero-order valence-corrected chi connectivity index (χ0v) is 30.7. The van der Waals surface area contributed by atoms with Crippen molar-refractivity contribution in [3.63, 3.8) is 0 Å². The van der Waals surface area contributed by atoms with Gasteiger partial charge in [-0.25, -0.2) is 0 Å². The second-order valence-corrected chi connectivity index (χ2v) is 15.3. The summed E-state index contributed by atoms with van der Waals surface area (Å²) in [6.45, 7) is 0. The highest BCUT2D eigenvalue weighted by atomic mass is 32.1. The molecular formula is C52H34N2S. The highest BCUT2D eigenvalue weighted by Gasteiger charge is 2.18. The van der Waals surface area contributed by atoms with E-state index in [1.165, 1.54) is 75.0 Å². The summed E-state index contributed by atoms with van der Waals surface area (Å²) in [5, 5.41) is 7.71. The number of fused-ring (bicyclic) bond motifs is 7. The predicted molar refractivity (Wildman–Crippen MR) is 237 cm³/mol. The SMILES string of the molecule is c1ccc(-c2ccc(N(c3ccc(-c4ccc5ccccc5c4)cc3)c3ccc(-n4c5ccccc5c5cc6c(cc54)sc4ccccc46)cc3)cc2)cc1. The van der Waals surface area contributed by atoms with Crippen LogP contribution in [-0.4, -0.2) is 4.57 Å². The van der Waals surface area contributed by atoms with Crippen LogP contribution in [-0.2, 0) is 0 Å². The average Bonchev–Trinajstić information content (AvgIpc) is 3.78. The van der Waals surface area contributed by atoms with Gasteiger partial charge in [-0.15, -0.1) is 11.3 Å². The Bertz CT molecular complexity index is 3170. The molecule has 258 valence electrons. The van der Waals surface area contributed by atoms with E-state index in [1.807, 2.05) is 11.3 Å². The minimum atomic E-state index is 1.10. The molecular weight excluding hydrogens is 685 g/mol. The highest BCUT2D eigenvalue weighted by molar-refractivity contribution is 7.25. The van der Waals surface area contributed by atoms with Gasteiger partial charge in [0.1, 0.15) is 0 Å². The summed E-state index contributed by atoms with van der Waals surface area (Å²) in [6, 6.07) is 75.1. The van der Waals surface area contributed by atoms with E-state index in [2.05, 4.69) is 216 Å². The van der Waals surface area contributed by atoms with Crippen molar-refractivity contribution in [2.45, 2.75) is 0 Å². The zero-order valence-electron chi connectivity index (χ0n) is 29.9. The summed E-state index contributed by atoms with van der Waals surface area (Å²) in [7, 11) is 0. The van der Waals surface area contributed by atoms with Crippen molar-refractivity contribution in [1.82, 2.24) is 4.57 Å². The van der Waals surface area contributed by atoms with Gasteiger partial charge in [0.25, 0.3) is 0 Å². The quantitative estimate of drug-likeness (QED) is 0.166. The molecule has 2 heterocycles. The average molecular weight is 719 g/mol. The van der Waals surface area contributed by atoms with Crippen LogP contribution in [0.3, 0.4) is 0 Å². The standard InChI is InChI=1S/C52H34N2S/c1-2-10-35(11-3-1)37-20-24-41(25-21-37)53(42-26-22-38(23-27-42)40-19-18-36-12-4-5-13-39(36)32-40)43-28-30-44(31-29-43)54-49-16-8-6-14-45(49)47-33-48-46-15-7-9-17-51(46)55-52(48)34-50(47)54/h1-34H. The first-order chi connectivity index (χ1) is 27.2. The number of para-hydroxylation sites is 1. The summed E-state index contributed by atoms with van der Waals surface area (Å²) in [5.41, 5.74) is 11.7. The number of hydrogen-bond donors (Lipinski definition) is 0. The highest BCUT2D eigenvalue weighted by Crippen LogP contribution is 2.42. The van der Waals surface area contributed by atoms with E-state index in [4.69, 9.17) is 0 Å². The number of nitrogens with zero attached hydrogens (tertiary/aromatic N) is 2. The lowest BCUT2D eigenvalue weighted by Gasteiger charge is -2.26. The van der Waals surface area contributed by atoms with Crippen molar-refractivity contribution in [3.05, 3.63) is 206 Å². The van der Waals surface area contributed by atoms with Crippen molar-refractivity contribution in [1.29, 1.82) is 0 Å². The number of benzene rings is 9. The first kappa shape index (κ1) is 31.6. The smallest absolute Gasteiger partial charge is 0.0555 e. The van der Waals surface area contributed by atoms with Gasteiger partial charge < -0.3 is 9.47 Å². The summed E-state index contributed by atoms with van der Waals surface area (Å²) < 4.78 is 5.06. The third-order valence-electron chi connectivity index (χ3n) is 11.0. The van der Waals surface area contributed by atoms with E-state index in [-0.39, 0.29) is 0 Å². The van der Waals surface area contributed by atoms with Crippen LogP contribution in [0.15, 0.2) is 206 Å². The Balaban J connectivity index is 1.02. The summed E-state index contributed by atoms with van der Waals surface area (Å²) in [4.78, 5) is 2.36. The largest absolute Gasteiger partial charge is 0.311 e. The van der Waals surface area contributed by atoms with Gasteiger partial charge in [0.05, 0.1) is 11.0 Å². The van der Waals surface area contributed by atoms with Gasteiger partial charge in [-0.2, -0.15) is 0 Å². The molecule has 0 amide bonds. The maximum atomic E-state index is 2.43. The van der Waals surface area contributed by atoms with Gasteiger partial charge in [-0.3, -0.25) is 0 Å². The Labute approximate surface area is 323 Å². The minimum Gasteiger partial charge on any atom is -0.311 e. The lowest BCUT2D eigenvalue weighted by Crippen LogP contribution is -2.10. The molecule has 0 radical (unpaired) electrons. The van der Waals surface area contributed by atoms with E-state index in [9.17, 15) is 0 Å². The third kappa shape index (κ3) is 5.40. The van der Waals surface area contributed by atoms with Gasteiger partial charge >= 0.3 is 0 Å². The van der Waals surface area contributed by atoms with Crippen LogP contribution in [0.25, 0.3) is 80.7 Å². The molecule has 0 fully saturated rings. The molecule has 2 nitrogen and oxygen atoms in total. The Kier molecular flexibility index (Phi) is 7.39. The van der Waals surface area contributed by atoms with Crippen molar-refractivity contribution in [2.75, 3.05) is 4.90 Å². The van der Waals surface area contributed by atoms with Crippen molar-refractivity contribution in [3.8, 4) is 27.9 Å². The number of rotatable bonds is 6. The van der Waals surface area contributed by atoms with E-state index in [0.29, 0.717) is 0 Å². The maximum Gasteiger partial charge on any atom is 0.0555 e. The molecule has 0 aliphatic carbocycles. The molecule has 0 unspecified atom stereocenters. The topological polar surface area (TPSA) is 8.17 Å². The molecule has 55 heavy (non-hydrogen) atoms. The van der Waals surface area contributed by atoms with Crippen LogP contribution in [0.5, 0.6) is 0 Å².